The van der Waals surface area contributed by atoms with Gasteiger partial charge in [0.05, 0.1) is 17.3 Å². The van der Waals surface area contributed by atoms with E-state index in [4.69, 9.17) is 0 Å². The topological polar surface area (TPSA) is 66.7 Å². The van der Waals surface area contributed by atoms with Crippen molar-refractivity contribution in [3.63, 3.8) is 0 Å². The van der Waals surface area contributed by atoms with Gasteiger partial charge in [0.2, 0.25) is 12.3 Å². The molecular formula is C19H24N4O2. The third-order valence-electron chi connectivity index (χ3n) is 5.79. The first kappa shape index (κ1) is 16.1. The molecule has 2 unspecified atom stereocenters. The largest absolute Gasteiger partial charge is 0.345 e. The molecule has 2 aromatic heterocycles. The molecule has 6 nitrogen and oxygen atoms in total. The van der Waals surface area contributed by atoms with E-state index in [1.165, 1.54) is 0 Å². The van der Waals surface area contributed by atoms with Gasteiger partial charge in [0.15, 0.2) is 0 Å². The number of imidazole rings is 1. The van der Waals surface area contributed by atoms with Gasteiger partial charge in [0.1, 0.15) is 5.82 Å². The summed E-state index contributed by atoms with van der Waals surface area (Å²) in [6.07, 6.45) is 5.79. The van der Waals surface area contributed by atoms with Crippen LogP contribution in [0.25, 0.3) is 5.52 Å². The molecule has 0 radical (unpaired) electrons. The number of piperidine rings is 2. The Labute approximate surface area is 147 Å². The number of likely N-dealkylation sites (tertiary alicyclic amines) is 1. The normalized spacial score (nSPS) is 25.6. The molecule has 0 aromatic carbocycles. The van der Waals surface area contributed by atoms with E-state index in [2.05, 4.69) is 23.3 Å². The Morgan fingerprint density at radius 2 is 2.08 bits per heavy atom. The van der Waals surface area contributed by atoms with Crippen LogP contribution >= 0.6 is 0 Å². The Kier molecular flexibility index (Phi) is 3.60. The lowest BCUT2D eigenvalue weighted by Gasteiger charge is -2.52. The SMILES string of the molecule is Cc1cccn2c(C(C)(C)NC(=O)C3C4CC3CN(C=O)C4)ncc12. The smallest absolute Gasteiger partial charge is 0.224 e. The number of aryl methyl sites for hydroxylation is 1. The Balaban J connectivity index is 1.54. The standard InChI is InChI=1S/C19H24N4O2/c1-12-5-4-6-23-15(12)8-20-18(23)19(2,3)21-17(25)16-13-7-14(16)10-22(9-13)11-24/h4-6,8,11,13-14,16H,7,9-10H2,1-3H3,(H,21,25). The summed E-state index contributed by atoms with van der Waals surface area (Å²) in [5.41, 5.74) is 1.65. The third kappa shape index (κ3) is 2.51. The van der Waals surface area contributed by atoms with Crippen LogP contribution in [0, 0.1) is 24.7 Å². The van der Waals surface area contributed by atoms with Crippen LogP contribution in [0.5, 0.6) is 0 Å². The van der Waals surface area contributed by atoms with Gasteiger partial charge in [-0.25, -0.2) is 4.98 Å². The highest BCUT2D eigenvalue weighted by molar-refractivity contribution is 5.81. The quantitative estimate of drug-likeness (QED) is 0.862. The van der Waals surface area contributed by atoms with Crippen molar-refractivity contribution >= 4 is 17.8 Å². The molecule has 2 aliphatic rings. The Morgan fingerprint density at radius 1 is 1.36 bits per heavy atom. The third-order valence-corrected chi connectivity index (χ3v) is 5.79. The van der Waals surface area contributed by atoms with Gasteiger partial charge in [0.25, 0.3) is 0 Å². The molecule has 25 heavy (non-hydrogen) atoms. The van der Waals surface area contributed by atoms with Crippen LogP contribution in [0.15, 0.2) is 24.5 Å². The molecule has 1 saturated carbocycles. The lowest BCUT2D eigenvalue weighted by atomic mass is 9.61. The Morgan fingerprint density at radius 3 is 2.76 bits per heavy atom. The number of amides is 2. The summed E-state index contributed by atoms with van der Waals surface area (Å²) in [5, 5.41) is 3.20. The Hall–Kier alpha value is -2.37. The van der Waals surface area contributed by atoms with Crippen molar-refractivity contribution in [2.24, 2.45) is 17.8 Å². The first-order valence-corrected chi connectivity index (χ1v) is 8.85. The van der Waals surface area contributed by atoms with Crippen molar-refractivity contribution in [2.45, 2.75) is 32.7 Å². The molecule has 4 rings (SSSR count). The molecule has 1 saturated heterocycles. The maximum Gasteiger partial charge on any atom is 0.224 e. The van der Waals surface area contributed by atoms with Gasteiger partial charge in [0, 0.05) is 25.2 Å². The van der Waals surface area contributed by atoms with Crippen LogP contribution in [0.1, 0.15) is 31.7 Å². The van der Waals surface area contributed by atoms with Crippen molar-refractivity contribution in [2.75, 3.05) is 13.1 Å². The monoisotopic (exact) mass is 340 g/mol. The highest BCUT2D eigenvalue weighted by Crippen LogP contribution is 2.45. The van der Waals surface area contributed by atoms with E-state index < -0.39 is 5.54 Å². The molecule has 0 spiro atoms. The van der Waals surface area contributed by atoms with Crippen molar-refractivity contribution < 1.29 is 9.59 Å². The highest BCUT2D eigenvalue weighted by atomic mass is 16.2. The van der Waals surface area contributed by atoms with E-state index in [0.29, 0.717) is 24.9 Å². The zero-order valence-electron chi connectivity index (χ0n) is 14.9. The lowest BCUT2D eigenvalue weighted by molar-refractivity contribution is -0.147. The number of aromatic nitrogens is 2. The van der Waals surface area contributed by atoms with Crippen molar-refractivity contribution in [1.29, 1.82) is 0 Å². The van der Waals surface area contributed by atoms with E-state index in [1.807, 2.05) is 36.7 Å². The van der Waals surface area contributed by atoms with Gasteiger partial charge in [-0.2, -0.15) is 0 Å². The first-order valence-electron chi connectivity index (χ1n) is 8.85. The maximum atomic E-state index is 12.9. The molecule has 1 aliphatic heterocycles. The fourth-order valence-electron chi connectivity index (χ4n) is 4.51. The Bertz CT molecular complexity index is 829. The van der Waals surface area contributed by atoms with Crippen LogP contribution in [0.4, 0.5) is 0 Å². The molecule has 1 N–H and O–H groups in total. The fourth-order valence-corrected chi connectivity index (χ4v) is 4.51. The van der Waals surface area contributed by atoms with E-state index in [-0.39, 0.29) is 11.8 Å². The number of pyridine rings is 1. The summed E-state index contributed by atoms with van der Waals surface area (Å²) in [5.74, 6) is 1.52. The number of nitrogens with one attached hydrogen (secondary N) is 1. The number of carbonyl (C=O) groups excluding carboxylic acids is 2. The number of hydrogen-bond donors (Lipinski definition) is 1. The van der Waals surface area contributed by atoms with Gasteiger partial charge in [-0.15, -0.1) is 0 Å². The maximum absolute atomic E-state index is 12.9. The van der Waals surface area contributed by atoms with Gasteiger partial charge in [-0.05, 0) is 50.7 Å². The van der Waals surface area contributed by atoms with Crippen LogP contribution in [-0.2, 0) is 15.1 Å². The average Bonchev–Trinajstić information content (AvgIpc) is 3.00. The second-order valence-corrected chi connectivity index (χ2v) is 7.98. The zero-order valence-corrected chi connectivity index (χ0v) is 14.9. The van der Waals surface area contributed by atoms with Crippen LogP contribution in [0.2, 0.25) is 0 Å². The van der Waals surface area contributed by atoms with E-state index in [0.717, 1.165) is 29.7 Å². The summed E-state index contributed by atoms with van der Waals surface area (Å²) >= 11 is 0. The second-order valence-electron chi connectivity index (χ2n) is 7.98. The fraction of sp³-hybridized carbons (Fsp3) is 0.526. The highest BCUT2D eigenvalue weighted by Gasteiger charge is 2.51. The summed E-state index contributed by atoms with van der Waals surface area (Å²) in [7, 11) is 0. The minimum Gasteiger partial charge on any atom is -0.345 e. The summed E-state index contributed by atoms with van der Waals surface area (Å²) in [6.45, 7) is 7.44. The van der Waals surface area contributed by atoms with E-state index in [9.17, 15) is 9.59 Å². The minimum absolute atomic E-state index is 0.0171. The van der Waals surface area contributed by atoms with Crippen molar-refractivity contribution in [3.8, 4) is 0 Å². The van der Waals surface area contributed by atoms with E-state index in [1.54, 1.807) is 4.90 Å². The molecule has 1 aliphatic carbocycles. The van der Waals surface area contributed by atoms with Crippen molar-refractivity contribution in [1.82, 2.24) is 19.6 Å². The molecule has 2 aromatic rings. The van der Waals surface area contributed by atoms with E-state index >= 15 is 0 Å². The van der Waals surface area contributed by atoms with Gasteiger partial charge >= 0.3 is 0 Å². The average molecular weight is 340 g/mol. The molecule has 132 valence electrons. The second kappa shape index (κ2) is 5.58. The van der Waals surface area contributed by atoms with Crippen LogP contribution < -0.4 is 5.32 Å². The minimum atomic E-state index is -0.564. The zero-order chi connectivity index (χ0) is 17.8. The summed E-state index contributed by atoms with van der Waals surface area (Å²) in [6, 6.07) is 4.05. The summed E-state index contributed by atoms with van der Waals surface area (Å²) in [4.78, 5) is 30.2. The molecular weight excluding hydrogens is 316 g/mol. The van der Waals surface area contributed by atoms with Crippen LogP contribution in [-0.4, -0.2) is 39.7 Å². The predicted octanol–water partition coefficient (Wildman–Crippen LogP) is 1.72. The number of fused-ring (bicyclic) bond motifs is 3. The molecule has 2 fully saturated rings. The lowest BCUT2D eigenvalue weighted by Crippen LogP contribution is -2.61. The molecule has 6 heteroatoms. The number of hydrogen-bond acceptors (Lipinski definition) is 3. The molecule has 2 amide bonds. The summed E-state index contributed by atoms with van der Waals surface area (Å²) < 4.78 is 2.05. The molecule has 2 bridgehead atoms. The van der Waals surface area contributed by atoms with Crippen LogP contribution in [0.3, 0.4) is 0 Å². The van der Waals surface area contributed by atoms with Gasteiger partial charge < -0.3 is 14.6 Å². The molecule has 2 atom stereocenters. The number of carbonyl (C=O) groups is 2. The first-order chi connectivity index (χ1) is 11.9. The number of rotatable bonds is 4. The van der Waals surface area contributed by atoms with Gasteiger partial charge in [-0.3, -0.25) is 9.59 Å². The molecule has 3 heterocycles. The number of nitrogens with zero attached hydrogens (tertiary/aromatic N) is 3. The van der Waals surface area contributed by atoms with Gasteiger partial charge in [-0.1, -0.05) is 6.07 Å². The predicted molar refractivity (Wildman–Crippen MR) is 93.8 cm³/mol. The van der Waals surface area contributed by atoms with Crippen molar-refractivity contribution in [3.05, 3.63) is 35.9 Å².